The monoisotopic (exact) mass is 291 g/mol. The van der Waals surface area contributed by atoms with E-state index in [4.69, 9.17) is 11.6 Å². The smallest absolute Gasteiger partial charge is 0.325 e. The Bertz CT molecular complexity index is 267. The molecule has 19 heavy (non-hydrogen) atoms. The summed E-state index contributed by atoms with van der Waals surface area (Å²) in [6, 6.07) is 0. The molecule has 0 aromatic heterocycles. The minimum Gasteiger partial charge on any atom is -0.468 e. The molecule has 0 N–H and O–H groups in total. The van der Waals surface area contributed by atoms with Gasteiger partial charge in [0.2, 0.25) is 5.91 Å². The maximum absolute atomic E-state index is 12.1. The van der Waals surface area contributed by atoms with Crippen molar-refractivity contribution in [3.8, 4) is 0 Å². The Morgan fingerprint density at radius 1 is 1.21 bits per heavy atom. The molecule has 0 aromatic rings. The molecule has 0 saturated carbocycles. The van der Waals surface area contributed by atoms with Crippen molar-refractivity contribution in [3.63, 3.8) is 0 Å². The van der Waals surface area contributed by atoms with Gasteiger partial charge in [0.1, 0.15) is 6.54 Å². The van der Waals surface area contributed by atoms with Crippen LogP contribution in [0.2, 0.25) is 0 Å². The molecular weight excluding hydrogens is 266 g/mol. The van der Waals surface area contributed by atoms with E-state index < -0.39 is 0 Å². The summed E-state index contributed by atoms with van der Waals surface area (Å²) < 4.78 is 4.65. The first-order valence-corrected chi connectivity index (χ1v) is 7.52. The van der Waals surface area contributed by atoms with Crippen LogP contribution in [0.15, 0.2) is 0 Å². The lowest BCUT2D eigenvalue weighted by atomic mass is 10.0. The lowest BCUT2D eigenvalue weighted by Gasteiger charge is -2.25. The highest BCUT2D eigenvalue weighted by molar-refractivity contribution is 6.17. The number of carbonyl (C=O) groups excluding carboxylic acids is 2. The first-order chi connectivity index (χ1) is 9.08. The van der Waals surface area contributed by atoms with Crippen molar-refractivity contribution in [2.45, 2.75) is 46.0 Å². The molecule has 0 aromatic carbocycles. The van der Waals surface area contributed by atoms with Gasteiger partial charge in [-0.15, -0.1) is 11.6 Å². The van der Waals surface area contributed by atoms with Crippen molar-refractivity contribution in [3.05, 3.63) is 0 Å². The van der Waals surface area contributed by atoms with E-state index in [2.05, 4.69) is 18.6 Å². The van der Waals surface area contributed by atoms with Gasteiger partial charge in [-0.3, -0.25) is 9.59 Å². The van der Waals surface area contributed by atoms with Crippen LogP contribution in [0.5, 0.6) is 0 Å². The Morgan fingerprint density at radius 3 is 2.32 bits per heavy atom. The number of alkyl halides is 1. The minimum atomic E-state index is -0.364. The van der Waals surface area contributed by atoms with Crippen molar-refractivity contribution in [1.29, 1.82) is 0 Å². The van der Waals surface area contributed by atoms with Gasteiger partial charge >= 0.3 is 5.97 Å². The molecule has 0 heterocycles. The van der Waals surface area contributed by atoms with Crippen molar-refractivity contribution >= 4 is 23.5 Å². The first-order valence-electron chi connectivity index (χ1n) is 6.99. The van der Waals surface area contributed by atoms with E-state index in [0.717, 1.165) is 25.7 Å². The van der Waals surface area contributed by atoms with Crippen LogP contribution in [-0.2, 0) is 14.3 Å². The number of hydrogen-bond acceptors (Lipinski definition) is 3. The molecule has 0 rings (SSSR count). The lowest BCUT2D eigenvalue weighted by Crippen LogP contribution is -2.39. The molecule has 112 valence electrons. The molecule has 0 unspecified atom stereocenters. The number of unbranched alkanes of at least 4 members (excludes halogenated alkanes) is 1. The molecule has 0 aliphatic rings. The minimum absolute atomic E-state index is 0.0161. The molecule has 0 fully saturated rings. The van der Waals surface area contributed by atoms with E-state index in [1.165, 1.54) is 7.11 Å². The van der Waals surface area contributed by atoms with Gasteiger partial charge in [0.05, 0.1) is 7.11 Å². The summed E-state index contributed by atoms with van der Waals surface area (Å²) >= 11 is 5.60. The maximum Gasteiger partial charge on any atom is 0.325 e. The maximum atomic E-state index is 12.1. The molecule has 0 radical (unpaired) electrons. The molecule has 1 amide bonds. The first kappa shape index (κ1) is 18.2. The SMILES string of the molecule is CCC(CC)CN(CC(=O)OC)C(=O)CCCCCl. The summed E-state index contributed by atoms with van der Waals surface area (Å²) in [7, 11) is 1.34. The van der Waals surface area contributed by atoms with Crippen LogP contribution < -0.4 is 0 Å². The average Bonchev–Trinajstić information content (AvgIpc) is 2.43. The highest BCUT2D eigenvalue weighted by Gasteiger charge is 2.20. The van der Waals surface area contributed by atoms with Gasteiger partial charge in [-0.2, -0.15) is 0 Å². The fourth-order valence-corrected chi connectivity index (χ4v) is 2.05. The molecule has 0 aliphatic heterocycles. The van der Waals surface area contributed by atoms with Crippen LogP contribution in [0.1, 0.15) is 46.0 Å². The van der Waals surface area contributed by atoms with Crippen molar-refractivity contribution < 1.29 is 14.3 Å². The second kappa shape index (κ2) is 11.1. The van der Waals surface area contributed by atoms with Gasteiger partial charge in [-0.05, 0) is 18.8 Å². The summed E-state index contributed by atoms with van der Waals surface area (Å²) in [6.07, 6.45) is 4.05. The van der Waals surface area contributed by atoms with Gasteiger partial charge in [0, 0.05) is 18.8 Å². The fraction of sp³-hybridized carbons (Fsp3) is 0.857. The largest absolute Gasteiger partial charge is 0.468 e. The second-order valence-electron chi connectivity index (χ2n) is 4.68. The molecule has 5 heteroatoms. The second-order valence-corrected chi connectivity index (χ2v) is 5.06. The predicted molar refractivity (Wildman–Crippen MR) is 77.2 cm³/mol. The number of carbonyl (C=O) groups is 2. The van der Waals surface area contributed by atoms with Gasteiger partial charge in [0.25, 0.3) is 0 Å². The predicted octanol–water partition coefficient (Wildman–Crippen LogP) is 2.83. The number of amides is 1. The zero-order chi connectivity index (χ0) is 14.7. The Labute approximate surface area is 121 Å². The highest BCUT2D eigenvalue weighted by atomic mass is 35.5. The highest BCUT2D eigenvalue weighted by Crippen LogP contribution is 2.12. The summed E-state index contributed by atoms with van der Waals surface area (Å²) in [5.74, 6) is 0.650. The van der Waals surface area contributed by atoms with E-state index >= 15 is 0 Å². The molecule has 0 aliphatic carbocycles. The lowest BCUT2D eigenvalue weighted by molar-refractivity contribution is -0.147. The van der Waals surface area contributed by atoms with Crippen molar-refractivity contribution in [1.82, 2.24) is 4.90 Å². The molecule has 0 spiro atoms. The summed E-state index contributed by atoms with van der Waals surface area (Å²) in [5.41, 5.74) is 0. The number of halogens is 1. The number of hydrogen-bond donors (Lipinski definition) is 0. The van der Waals surface area contributed by atoms with Gasteiger partial charge < -0.3 is 9.64 Å². The Morgan fingerprint density at radius 2 is 1.84 bits per heavy atom. The third kappa shape index (κ3) is 8.09. The third-order valence-corrected chi connectivity index (χ3v) is 3.58. The zero-order valence-corrected chi connectivity index (χ0v) is 13.0. The summed E-state index contributed by atoms with van der Waals surface area (Å²) in [5, 5.41) is 0. The fourth-order valence-electron chi connectivity index (χ4n) is 1.86. The van der Waals surface area contributed by atoms with E-state index in [1.54, 1.807) is 4.90 Å². The van der Waals surface area contributed by atoms with Crippen LogP contribution in [0.25, 0.3) is 0 Å². The van der Waals surface area contributed by atoms with Crippen LogP contribution in [0.3, 0.4) is 0 Å². The van der Waals surface area contributed by atoms with Crippen LogP contribution in [0, 0.1) is 5.92 Å². The number of rotatable bonds is 10. The number of nitrogens with zero attached hydrogens (tertiary/aromatic N) is 1. The van der Waals surface area contributed by atoms with Crippen LogP contribution in [-0.4, -0.2) is 42.9 Å². The Balaban J connectivity index is 4.46. The molecular formula is C14H26ClNO3. The average molecular weight is 292 g/mol. The summed E-state index contributed by atoms with van der Waals surface area (Å²) in [4.78, 5) is 25.1. The van der Waals surface area contributed by atoms with E-state index in [0.29, 0.717) is 24.8 Å². The quantitative estimate of drug-likeness (QED) is 0.353. The standard InChI is InChI=1S/C14H26ClNO3/c1-4-12(5-2)10-16(11-14(18)19-3)13(17)8-6-7-9-15/h12H,4-11H2,1-3H3. The third-order valence-electron chi connectivity index (χ3n) is 3.31. The number of methoxy groups -OCH3 is 1. The topological polar surface area (TPSA) is 46.6 Å². The van der Waals surface area contributed by atoms with E-state index in [-0.39, 0.29) is 18.4 Å². The number of ether oxygens (including phenoxy) is 1. The van der Waals surface area contributed by atoms with Gasteiger partial charge in [-0.25, -0.2) is 0 Å². The van der Waals surface area contributed by atoms with Crippen LogP contribution in [0.4, 0.5) is 0 Å². The van der Waals surface area contributed by atoms with Crippen LogP contribution >= 0.6 is 11.6 Å². The van der Waals surface area contributed by atoms with E-state index in [1.807, 2.05) is 0 Å². The molecule has 4 nitrogen and oxygen atoms in total. The number of esters is 1. The normalized spacial score (nSPS) is 10.6. The van der Waals surface area contributed by atoms with Gasteiger partial charge in [0.15, 0.2) is 0 Å². The molecule has 0 atom stereocenters. The zero-order valence-electron chi connectivity index (χ0n) is 12.3. The van der Waals surface area contributed by atoms with Crippen molar-refractivity contribution in [2.24, 2.45) is 5.92 Å². The summed E-state index contributed by atoms with van der Waals surface area (Å²) in [6.45, 7) is 4.87. The van der Waals surface area contributed by atoms with Crippen molar-refractivity contribution in [2.75, 3.05) is 26.1 Å². The molecule has 0 saturated heterocycles. The van der Waals surface area contributed by atoms with Gasteiger partial charge in [-0.1, -0.05) is 26.7 Å². The Hall–Kier alpha value is -0.770. The van der Waals surface area contributed by atoms with E-state index in [9.17, 15) is 9.59 Å². The Kier molecular flexibility index (Phi) is 10.6. The molecule has 0 bridgehead atoms.